The van der Waals surface area contributed by atoms with Crippen molar-refractivity contribution in [2.45, 2.75) is 32.9 Å². The Kier molecular flexibility index (Phi) is 8.28. The third-order valence-electron chi connectivity index (χ3n) is 6.31. The van der Waals surface area contributed by atoms with Crippen molar-refractivity contribution in [1.29, 1.82) is 0 Å². The maximum atomic E-state index is 13.3. The molecule has 0 spiro atoms. The van der Waals surface area contributed by atoms with Crippen molar-refractivity contribution in [1.82, 2.24) is 9.80 Å². The Morgan fingerprint density at radius 1 is 1.00 bits per heavy atom. The highest BCUT2D eigenvalue weighted by Crippen LogP contribution is 2.40. The molecule has 2 aliphatic heterocycles. The molecule has 1 N–H and O–H groups in total. The van der Waals surface area contributed by atoms with Crippen molar-refractivity contribution >= 4 is 17.4 Å². The Morgan fingerprint density at radius 3 is 2.25 bits per heavy atom. The maximum Gasteiger partial charge on any atom is 0.295 e. The molecule has 0 aromatic heterocycles. The van der Waals surface area contributed by atoms with E-state index >= 15 is 0 Å². The predicted molar refractivity (Wildman–Crippen MR) is 136 cm³/mol. The summed E-state index contributed by atoms with van der Waals surface area (Å²) in [5.74, 6) is -0.126. The van der Waals surface area contributed by atoms with Crippen LogP contribution in [0.3, 0.4) is 0 Å². The van der Waals surface area contributed by atoms with Crippen LogP contribution in [-0.4, -0.2) is 78.7 Å². The number of Topliss-reactive ketones (excluding diaryl/α,β-unsaturated/α-hetero) is 1. The molecule has 2 aromatic carbocycles. The lowest BCUT2D eigenvalue weighted by Crippen LogP contribution is -2.42. The third kappa shape index (κ3) is 5.71. The van der Waals surface area contributed by atoms with Crippen LogP contribution in [0.1, 0.15) is 37.9 Å². The quantitative estimate of drug-likeness (QED) is 0.324. The number of carbonyl (C=O) groups excluding carboxylic acids is 2. The molecule has 4 rings (SSSR count). The van der Waals surface area contributed by atoms with Crippen molar-refractivity contribution in [2.75, 3.05) is 46.0 Å². The van der Waals surface area contributed by atoms with Crippen molar-refractivity contribution in [3.05, 3.63) is 65.2 Å². The number of benzene rings is 2. The predicted octanol–water partition coefficient (Wildman–Crippen LogP) is 3.63. The summed E-state index contributed by atoms with van der Waals surface area (Å²) in [6.07, 6.45) is 0.0147. The van der Waals surface area contributed by atoms with Gasteiger partial charge in [-0.2, -0.15) is 0 Å². The topological polar surface area (TPSA) is 88.5 Å². The number of aliphatic hydroxyl groups is 1. The summed E-state index contributed by atoms with van der Waals surface area (Å²) in [5, 5.41) is 11.3. The van der Waals surface area contributed by atoms with E-state index in [1.807, 2.05) is 45.0 Å². The molecule has 0 aliphatic carbocycles. The Labute approximate surface area is 212 Å². The largest absolute Gasteiger partial charge is 0.507 e. The molecule has 8 heteroatoms. The van der Waals surface area contributed by atoms with Crippen molar-refractivity contribution in [3.8, 4) is 11.5 Å². The van der Waals surface area contributed by atoms with E-state index in [9.17, 15) is 14.7 Å². The number of ether oxygens (including phenoxy) is 3. The Balaban J connectivity index is 1.69. The second-order valence-electron chi connectivity index (χ2n) is 9.14. The van der Waals surface area contributed by atoms with Gasteiger partial charge in [0.2, 0.25) is 0 Å². The highest BCUT2D eigenvalue weighted by atomic mass is 16.5. The monoisotopic (exact) mass is 494 g/mol. The second kappa shape index (κ2) is 11.6. The molecule has 0 saturated carbocycles. The number of hydrogen-bond donors (Lipinski definition) is 1. The fourth-order valence-electron chi connectivity index (χ4n) is 4.56. The summed E-state index contributed by atoms with van der Waals surface area (Å²) in [6, 6.07) is 13.5. The fraction of sp³-hybridized carbons (Fsp3) is 0.429. The van der Waals surface area contributed by atoms with Gasteiger partial charge in [0.05, 0.1) is 37.5 Å². The lowest BCUT2D eigenvalue weighted by atomic mass is 9.95. The number of morpholine rings is 1. The highest BCUT2D eigenvalue weighted by Gasteiger charge is 2.46. The molecular formula is C28H34N2O6. The molecule has 0 radical (unpaired) electrons. The molecule has 2 aliphatic rings. The third-order valence-corrected chi connectivity index (χ3v) is 6.31. The molecule has 2 heterocycles. The van der Waals surface area contributed by atoms with Crippen LogP contribution in [0.15, 0.2) is 54.1 Å². The van der Waals surface area contributed by atoms with E-state index in [0.29, 0.717) is 50.0 Å². The Morgan fingerprint density at radius 2 is 1.64 bits per heavy atom. The molecule has 2 fully saturated rings. The molecule has 8 nitrogen and oxygen atoms in total. The fourth-order valence-corrected chi connectivity index (χ4v) is 4.56. The first-order chi connectivity index (χ1) is 17.4. The van der Waals surface area contributed by atoms with Gasteiger partial charge in [-0.1, -0.05) is 12.1 Å². The van der Waals surface area contributed by atoms with E-state index in [-0.39, 0.29) is 17.4 Å². The number of rotatable bonds is 9. The number of amides is 1. The summed E-state index contributed by atoms with van der Waals surface area (Å²) in [6.45, 7) is 10.2. The zero-order valence-corrected chi connectivity index (χ0v) is 21.1. The van der Waals surface area contributed by atoms with Crippen LogP contribution in [-0.2, 0) is 14.3 Å². The van der Waals surface area contributed by atoms with Gasteiger partial charge in [0.15, 0.2) is 0 Å². The van der Waals surface area contributed by atoms with Gasteiger partial charge < -0.3 is 24.2 Å². The van der Waals surface area contributed by atoms with Gasteiger partial charge in [-0.15, -0.1) is 0 Å². The summed E-state index contributed by atoms with van der Waals surface area (Å²) in [5.41, 5.74) is 1.28. The first-order valence-electron chi connectivity index (χ1n) is 12.5. The standard InChI is InChI=1S/C28H34N2O6/c1-4-35-22-9-5-20(6-10-22)25-24(26(31)21-7-11-23(12-8-21)36-19(2)3)27(32)28(33)30(25)14-13-29-15-17-34-18-16-29/h5-12,19,25,31H,4,13-18H2,1-3H3/t25-/m1/s1. The number of aliphatic hydroxyl groups excluding tert-OH is 1. The van der Waals surface area contributed by atoms with Crippen molar-refractivity contribution < 1.29 is 28.9 Å². The second-order valence-corrected chi connectivity index (χ2v) is 9.14. The van der Waals surface area contributed by atoms with Gasteiger partial charge in [0.1, 0.15) is 17.3 Å². The Hall–Kier alpha value is -3.36. The van der Waals surface area contributed by atoms with Crippen LogP contribution in [0.2, 0.25) is 0 Å². The molecule has 1 atom stereocenters. The number of carbonyl (C=O) groups is 2. The van der Waals surface area contributed by atoms with Gasteiger partial charge in [-0.05, 0) is 62.7 Å². The smallest absolute Gasteiger partial charge is 0.295 e. The minimum atomic E-state index is -0.701. The molecule has 36 heavy (non-hydrogen) atoms. The molecule has 2 saturated heterocycles. The summed E-state index contributed by atoms with van der Waals surface area (Å²) in [4.78, 5) is 30.2. The number of likely N-dealkylation sites (tertiary alicyclic amines) is 1. The van der Waals surface area contributed by atoms with Crippen LogP contribution >= 0.6 is 0 Å². The van der Waals surface area contributed by atoms with Gasteiger partial charge in [-0.3, -0.25) is 14.5 Å². The minimum Gasteiger partial charge on any atom is -0.507 e. The van der Waals surface area contributed by atoms with E-state index in [0.717, 1.165) is 18.7 Å². The highest BCUT2D eigenvalue weighted by molar-refractivity contribution is 6.46. The normalized spacial score (nSPS) is 20.2. The first-order valence-corrected chi connectivity index (χ1v) is 12.5. The van der Waals surface area contributed by atoms with Gasteiger partial charge >= 0.3 is 0 Å². The van der Waals surface area contributed by atoms with E-state index in [4.69, 9.17) is 14.2 Å². The SMILES string of the molecule is CCOc1ccc([C@@H]2C(=C(O)c3ccc(OC(C)C)cc3)C(=O)C(=O)N2CCN2CCOCC2)cc1. The number of nitrogens with zero attached hydrogens (tertiary/aromatic N) is 2. The van der Waals surface area contributed by atoms with Gasteiger partial charge in [0, 0.05) is 31.7 Å². The van der Waals surface area contributed by atoms with E-state index < -0.39 is 17.7 Å². The molecule has 0 unspecified atom stereocenters. The summed E-state index contributed by atoms with van der Waals surface area (Å²) >= 11 is 0. The summed E-state index contributed by atoms with van der Waals surface area (Å²) < 4.78 is 16.7. The average molecular weight is 495 g/mol. The van der Waals surface area contributed by atoms with E-state index in [1.165, 1.54) is 0 Å². The minimum absolute atomic E-state index is 0.0147. The first kappa shape index (κ1) is 25.7. The summed E-state index contributed by atoms with van der Waals surface area (Å²) in [7, 11) is 0. The zero-order valence-electron chi connectivity index (χ0n) is 21.1. The van der Waals surface area contributed by atoms with Crippen LogP contribution in [0, 0.1) is 0 Å². The van der Waals surface area contributed by atoms with E-state index in [1.54, 1.807) is 29.2 Å². The Bertz CT molecular complexity index is 1090. The van der Waals surface area contributed by atoms with Crippen molar-refractivity contribution in [3.63, 3.8) is 0 Å². The van der Waals surface area contributed by atoms with Gasteiger partial charge in [0.25, 0.3) is 11.7 Å². The van der Waals surface area contributed by atoms with Crippen LogP contribution in [0.5, 0.6) is 11.5 Å². The van der Waals surface area contributed by atoms with Crippen LogP contribution in [0.4, 0.5) is 0 Å². The number of hydrogen-bond acceptors (Lipinski definition) is 7. The van der Waals surface area contributed by atoms with Crippen molar-refractivity contribution in [2.24, 2.45) is 0 Å². The number of ketones is 1. The molecule has 0 bridgehead atoms. The molecule has 2 aromatic rings. The molecule has 192 valence electrons. The average Bonchev–Trinajstić information content (AvgIpc) is 3.13. The maximum absolute atomic E-state index is 13.3. The van der Waals surface area contributed by atoms with Gasteiger partial charge in [-0.25, -0.2) is 0 Å². The lowest BCUT2D eigenvalue weighted by molar-refractivity contribution is -0.140. The molecule has 1 amide bonds. The van der Waals surface area contributed by atoms with Crippen LogP contribution in [0.25, 0.3) is 5.76 Å². The zero-order chi connectivity index (χ0) is 25.7. The molecular weight excluding hydrogens is 460 g/mol. The lowest BCUT2D eigenvalue weighted by Gasteiger charge is -2.31. The van der Waals surface area contributed by atoms with E-state index in [2.05, 4.69) is 4.90 Å². The van der Waals surface area contributed by atoms with Crippen LogP contribution < -0.4 is 9.47 Å².